The molecule has 0 atom stereocenters. The Morgan fingerprint density at radius 1 is 1.03 bits per heavy atom. The van der Waals surface area contributed by atoms with E-state index in [-0.39, 0.29) is 18.4 Å². The zero-order chi connectivity index (χ0) is 23.3. The number of fused-ring (bicyclic) bond motifs is 1. The van der Waals surface area contributed by atoms with E-state index in [2.05, 4.69) is 0 Å². The maximum atomic E-state index is 12.1. The zero-order valence-corrected chi connectivity index (χ0v) is 20.1. The molecule has 172 valence electrons. The molecule has 0 fully saturated rings. The van der Waals surface area contributed by atoms with Crippen molar-refractivity contribution in [2.24, 2.45) is 0 Å². The second kappa shape index (κ2) is 10.3. The second-order valence-electron chi connectivity index (χ2n) is 8.24. The van der Waals surface area contributed by atoms with Gasteiger partial charge in [-0.1, -0.05) is 18.2 Å². The monoisotopic (exact) mass is 458 g/mol. The molecule has 0 saturated carbocycles. The fourth-order valence-corrected chi connectivity index (χ4v) is 4.08. The van der Waals surface area contributed by atoms with Gasteiger partial charge in [0.15, 0.2) is 17.3 Å². The van der Waals surface area contributed by atoms with E-state index in [4.69, 9.17) is 18.9 Å². The summed E-state index contributed by atoms with van der Waals surface area (Å²) in [5.41, 5.74) is 2.73. The third-order valence-corrected chi connectivity index (χ3v) is 5.92. The van der Waals surface area contributed by atoms with Crippen LogP contribution in [0, 0.1) is 0 Å². The number of Topliss-reactive ketones (excluding diaryl/α,β-unsaturated/α-hetero) is 1. The van der Waals surface area contributed by atoms with Crippen LogP contribution in [0.15, 0.2) is 30.3 Å². The minimum Gasteiger partial charge on any atom is -0.493 e. The van der Waals surface area contributed by atoms with E-state index in [0.29, 0.717) is 35.8 Å². The molecular weight excluding hydrogens is 428 g/mol. The molecule has 0 N–H and O–H groups in total. The highest BCUT2D eigenvalue weighted by molar-refractivity contribution is 7.98. The first kappa shape index (κ1) is 24.0. The van der Waals surface area contributed by atoms with Crippen LogP contribution in [0.3, 0.4) is 0 Å². The molecule has 0 aliphatic heterocycles. The Hall–Kier alpha value is -2.67. The molecule has 0 spiro atoms. The van der Waals surface area contributed by atoms with Crippen LogP contribution in [-0.2, 0) is 16.0 Å². The third kappa shape index (κ3) is 5.38. The van der Waals surface area contributed by atoms with Crippen molar-refractivity contribution >= 4 is 23.5 Å². The fourth-order valence-electron chi connectivity index (χ4n) is 3.71. The van der Waals surface area contributed by atoms with Gasteiger partial charge in [0.05, 0.1) is 20.6 Å². The molecule has 0 bridgehead atoms. The van der Waals surface area contributed by atoms with Gasteiger partial charge in [-0.15, -0.1) is 0 Å². The molecule has 2 aromatic carbocycles. The van der Waals surface area contributed by atoms with Gasteiger partial charge in [-0.3, -0.25) is 9.59 Å². The number of ketones is 1. The number of carbonyl (C=O) groups is 2. The number of rotatable bonds is 10. The van der Waals surface area contributed by atoms with Crippen molar-refractivity contribution in [3.05, 3.63) is 41.5 Å². The summed E-state index contributed by atoms with van der Waals surface area (Å²) in [6.07, 6.45) is 3.59. The Morgan fingerprint density at radius 2 is 1.78 bits per heavy atom. The molecule has 0 aromatic heterocycles. The average Bonchev–Trinajstić information content (AvgIpc) is 3.15. The number of aryl methyl sites for hydroxylation is 1. The molecule has 1 aliphatic carbocycles. The molecule has 0 saturated heterocycles. The van der Waals surface area contributed by atoms with Gasteiger partial charge in [-0.25, -0.2) is 0 Å². The third-order valence-electron chi connectivity index (χ3n) is 5.30. The van der Waals surface area contributed by atoms with Crippen LogP contribution in [0.25, 0.3) is 11.1 Å². The van der Waals surface area contributed by atoms with Gasteiger partial charge in [-0.2, -0.15) is 11.8 Å². The summed E-state index contributed by atoms with van der Waals surface area (Å²) >= 11 is 1.60. The minimum absolute atomic E-state index is 0.137. The first-order chi connectivity index (χ1) is 15.3. The van der Waals surface area contributed by atoms with Crippen LogP contribution in [0.1, 0.15) is 42.6 Å². The highest BCUT2D eigenvalue weighted by Gasteiger charge is 2.27. The van der Waals surface area contributed by atoms with Crippen LogP contribution in [-0.4, -0.2) is 50.2 Å². The van der Waals surface area contributed by atoms with E-state index < -0.39 is 5.60 Å². The van der Waals surface area contributed by atoms with E-state index in [1.54, 1.807) is 26.0 Å². The Balaban J connectivity index is 1.92. The lowest BCUT2D eigenvalue weighted by Gasteiger charge is -2.27. The molecule has 6 nitrogen and oxygen atoms in total. The Bertz CT molecular complexity index is 998. The normalized spacial score (nSPS) is 13.0. The summed E-state index contributed by atoms with van der Waals surface area (Å²) in [6, 6.07) is 9.56. The van der Waals surface area contributed by atoms with E-state index in [9.17, 15) is 9.59 Å². The first-order valence-electron chi connectivity index (χ1n) is 10.5. The summed E-state index contributed by atoms with van der Waals surface area (Å²) in [5, 5.41) is 0. The summed E-state index contributed by atoms with van der Waals surface area (Å²) in [4.78, 5) is 24.1. The fraction of sp³-hybridized carbons (Fsp3) is 0.440. The molecule has 0 heterocycles. The molecule has 1 aliphatic rings. The van der Waals surface area contributed by atoms with Crippen LogP contribution in [0.5, 0.6) is 17.2 Å². The number of methoxy groups -OCH3 is 2. The molecule has 0 amide bonds. The standard InChI is InChI=1S/C25H30O6S/c1-25(2,31-22(27)12-13-32-5)15-30-23-19(9-11-21(28-3)24(23)29-4)17-6-8-18-16(14-17)7-10-20(18)26/h6,8-9,11,14H,7,10,12-13,15H2,1-5H3. The van der Waals surface area contributed by atoms with Gasteiger partial charge in [0.2, 0.25) is 5.75 Å². The lowest BCUT2D eigenvalue weighted by Crippen LogP contribution is -2.35. The predicted octanol–water partition coefficient (Wildman–Crippen LogP) is 4.95. The van der Waals surface area contributed by atoms with Gasteiger partial charge in [0.25, 0.3) is 0 Å². The molecule has 7 heteroatoms. The summed E-state index contributed by atoms with van der Waals surface area (Å²) in [5.74, 6) is 2.15. The number of ether oxygens (including phenoxy) is 4. The van der Waals surface area contributed by atoms with Crippen molar-refractivity contribution in [1.82, 2.24) is 0 Å². The SMILES string of the molecule is COc1ccc(-c2ccc3c(c2)CCC3=O)c(OCC(C)(C)OC(=O)CCSC)c1OC. The topological polar surface area (TPSA) is 71.1 Å². The highest BCUT2D eigenvalue weighted by atomic mass is 32.2. The molecule has 32 heavy (non-hydrogen) atoms. The lowest BCUT2D eigenvalue weighted by atomic mass is 9.99. The van der Waals surface area contributed by atoms with Gasteiger partial charge < -0.3 is 18.9 Å². The van der Waals surface area contributed by atoms with Gasteiger partial charge in [0, 0.05) is 23.3 Å². The van der Waals surface area contributed by atoms with Crippen molar-refractivity contribution in [3.63, 3.8) is 0 Å². The van der Waals surface area contributed by atoms with Crippen LogP contribution in [0.4, 0.5) is 0 Å². The van der Waals surface area contributed by atoms with Gasteiger partial charge in [-0.05, 0) is 49.8 Å². The maximum Gasteiger partial charge on any atom is 0.307 e. The summed E-state index contributed by atoms with van der Waals surface area (Å²) in [7, 11) is 3.13. The predicted molar refractivity (Wildman–Crippen MR) is 126 cm³/mol. The highest BCUT2D eigenvalue weighted by Crippen LogP contribution is 2.45. The van der Waals surface area contributed by atoms with E-state index >= 15 is 0 Å². The number of hydrogen-bond donors (Lipinski definition) is 0. The number of esters is 1. The Kier molecular flexibility index (Phi) is 7.72. The number of thioether (sulfide) groups is 1. The van der Waals surface area contributed by atoms with Gasteiger partial charge in [0.1, 0.15) is 12.2 Å². The molecule has 0 unspecified atom stereocenters. The number of benzene rings is 2. The average molecular weight is 459 g/mol. The van der Waals surface area contributed by atoms with E-state index in [1.807, 2.05) is 50.4 Å². The van der Waals surface area contributed by atoms with Crippen molar-refractivity contribution in [1.29, 1.82) is 0 Å². The number of hydrogen-bond acceptors (Lipinski definition) is 7. The summed E-state index contributed by atoms with van der Waals surface area (Å²) in [6.45, 7) is 3.77. The quantitative estimate of drug-likeness (QED) is 0.466. The lowest BCUT2D eigenvalue weighted by molar-refractivity contribution is -0.158. The Labute approximate surface area is 193 Å². The smallest absolute Gasteiger partial charge is 0.307 e. The minimum atomic E-state index is -0.828. The molecule has 0 radical (unpaired) electrons. The van der Waals surface area contributed by atoms with Crippen molar-refractivity contribution < 1.29 is 28.5 Å². The van der Waals surface area contributed by atoms with Crippen LogP contribution < -0.4 is 14.2 Å². The van der Waals surface area contributed by atoms with Crippen molar-refractivity contribution in [2.45, 2.75) is 38.7 Å². The van der Waals surface area contributed by atoms with E-state index in [1.165, 1.54) is 0 Å². The van der Waals surface area contributed by atoms with Crippen molar-refractivity contribution in [2.75, 3.05) is 32.8 Å². The second-order valence-corrected chi connectivity index (χ2v) is 9.22. The van der Waals surface area contributed by atoms with Crippen LogP contribution in [0.2, 0.25) is 0 Å². The molecule has 2 aromatic rings. The maximum absolute atomic E-state index is 12.1. The molecule has 3 rings (SSSR count). The van der Waals surface area contributed by atoms with Gasteiger partial charge >= 0.3 is 5.97 Å². The van der Waals surface area contributed by atoms with E-state index in [0.717, 1.165) is 28.7 Å². The van der Waals surface area contributed by atoms with Crippen LogP contribution >= 0.6 is 11.8 Å². The first-order valence-corrected chi connectivity index (χ1v) is 11.9. The summed E-state index contributed by atoms with van der Waals surface area (Å²) < 4.78 is 22.9. The molecular formula is C25H30O6S. The Morgan fingerprint density at radius 3 is 2.47 bits per heavy atom. The van der Waals surface area contributed by atoms with Crippen molar-refractivity contribution in [3.8, 4) is 28.4 Å². The largest absolute Gasteiger partial charge is 0.493 e. The number of carbonyl (C=O) groups excluding carboxylic acids is 2. The zero-order valence-electron chi connectivity index (χ0n) is 19.3.